The highest BCUT2D eigenvalue weighted by molar-refractivity contribution is 7.98. The maximum atomic E-state index is 12.6. The van der Waals surface area contributed by atoms with Gasteiger partial charge < -0.3 is 5.32 Å². The molecule has 0 atom stereocenters. The average Bonchev–Trinajstić information content (AvgIpc) is 3.40. The summed E-state index contributed by atoms with van der Waals surface area (Å²) in [6.45, 7) is 0. The number of carbonyl (C=O) groups is 1. The normalized spacial score (nSPS) is 10.7. The number of aromatic nitrogens is 3. The lowest BCUT2D eigenvalue weighted by molar-refractivity contribution is 0.102. The summed E-state index contributed by atoms with van der Waals surface area (Å²) < 4.78 is 0. The van der Waals surface area contributed by atoms with Gasteiger partial charge in [0.1, 0.15) is 0 Å². The van der Waals surface area contributed by atoms with E-state index < -0.39 is 0 Å². The second kappa shape index (κ2) is 8.20. The number of amides is 1. The number of nitrogens with one attached hydrogen (secondary N) is 1. The first-order chi connectivity index (χ1) is 13.3. The zero-order valence-electron chi connectivity index (χ0n) is 14.3. The maximum absolute atomic E-state index is 12.6. The first-order valence-corrected chi connectivity index (χ1v) is 10.2. The Balaban J connectivity index is 1.48. The first kappa shape index (κ1) is 17.5. The summed E-state index contributed by atoms with van der Waals surface area (Å²) in [6.07, 6.45) is 1.48. The van der Waals surface area contributed by atoms with Gasteiger partial charge in [-0.05, 0) is 46.7 Å². The molecule has 0 aliphatic carbocycles. The van der Waals surface area contributed by atoms with Crippen molar-refractivity contribution in [2.75, 3.05) is 5.32 Å². The van der Waals surface area contributed by atoms with Crippen molar-refractivity contribution in [2.24, 2.45) is 0 Å². The van der Waals surface area contributed by atoms with Crippen molar-refractivity contribution in [3.8, 4) is 5.69 Å². The van der Waals surface area contributed by atoms with Crippen LogP contribution in [0.1, 0.15) is 16.1 Å². The zero-order valence-corrected chi connectivity index (χ0v) is 15.9. The van der Waals surface area contributed by atoms with Crippen LogP contribution in [0.5, 0.6) is 0 Å². The van der Waals surface area contributed by atoms with Gasteiger partial charge in [-0.25, -0.2) is 0 Å². The van der Waals surface area contributed by atoms with Gasteiger partial charge in [-0.2, -0.15) is 21.2 Å². The molecule has 134 valence electrons. The first-order valence-electron chi connectivity index (χ1n) is 8.31. The molecule has 0 bridgehead atoms. The summed E-state index contributed by atoms with van der Waals surface area (Å²) in [7, 11) is 0. The number of hydrogen-bond acceptors (Lipinski definition) is 5. The predicted octanol–water partition coefficient (Wildman–Crippen LogP) is 4.87. The van der Waals surface area contributed by atoms with E-state index in [1.54, 1.807) is 23.1 Å². The summed E-state index contributed by atoms with van der Waals surface area (Å²) >= 11 is 3.38. The predicted molar refractivity (Wildman–Crippen MR) is 110 cm³/mol. The van der Waals surface area contributed by atoms with Crippen molar-refractivity contribution < 1.29 is 4.79 Å². The Morgan fingerprint density at radius 2 is 1.89 bits per heavy atom. The molecule has 5 nitrogen and oxygen atoms in total. The van der Waals surface area contributed by atoms with Crippen molar-refractivity contribution in [1.82, 2.24) is 15.0 Å². The third kappa shape index (κ3) is 4.27. The van der Waals surface area contributed by atoms with E-state index in [0.29, 0.717) is 0 Å². The van der Waals surface area contributed by atoms with Crippen LogP contribution in [0.25, 0.3) is 5.69 Å². The fourth-order valence-corrected chi connectivity index (χ4v) is 4.20. The second-order valence-electron chi connectivity index (χ2n) is 5.73. The standard InChI is InChI=1S/C20H16N4OS2/c25-20(18-12-21-24(23-18)16-6-2-1-3-7-16)22-17-8-4-5-9-19(17)27-14-15-10-11-26-13-15/h1-13H,14H2,(H,22,25). The van der Waals surface area contributed by atoms with Gasteiger partial charge in [-0.1, -0.05) is 30.3 Å². The van der Waals surface area contributed by atoms with Gasteiger partial charge in [0.05, 0.1) is 17.6 Å². The summed E-state index contributed by atoms with van der Waals surface area (Å²) in [4.78, 5) is 15.1. The van der Waals surface area contributed by atoms with E-state index in [2.05, 4.69) is 32.3 Å². The maximum Gasteiger partial charge on any atom is 0.277 e. The number of rotatable bonds is 6. The topological polar surface area (TPSA) is 59.8 Å². The Bertz CT molecular complexity index is 1030. The van der Waals surface area contributed by atoms with Crippen molar-refractivity contribution in [2.45, 2.75) is 10.6 Å². The van der Waals surface area contributed by atoms with Gasteiger partial charge in [0.25, 0.3) is 5.91 Å². The number of para-hydroxylation sites is 2. The average molecular weight is 393 g/mol. The molecule has 1 N–H and O–H groups in total. The molecular formula is C20H16N4OS2. The highest BCUT2D eigenvalue weighted by Gasteiger charge is 2.14. The third-order valence-electron chi connectivity index (χ3n) is 3.82. The molecule has 4 rings (SSSR count). The fourth-order valence-electron chi connectivity index (χ4n) is 2.47. The number of benzene rings is 2. The van der Waals surface area contributed by atoms with Gasteiger partial charge in [-0.15, -0.1) is 16.9 Å². The summed E-state index contributed by atoms with van der Waals surface area (Å²) in [5, 5.41) is 15.6. The fraction of sp³-hybridized carbons (Fsp3) is 0.0500. The van der Waals surface area contributed by atoms with Gasteiger partial charge >= 0.3 is 0 Å². The molecule has 0 aliphatic heterocycles. The lowest BCUT2D eigenvalue weighted by Crippen LogP contribution is -2.13. The Morgan fingerprint density at radius 1 is 1.07 bits per heavy atom. The molecule has 7 heteroatoms. The van der Waals surface area contributed by atoms with E-state index in [9.17, 15) is 4.79 Å². The summed E-state index contributed by atoms with van der Waals surface area (Å²) in [5.74, 6) is 0.585. The minimum absolute atomic E-state index is 0.275. The zero-order chi connectivity index (χ0) is 18.5. The number of carbonyl (C=O) groups excluding carboxylic acids is 1. The van der Waals surface area contributed by atoms with Crippen LogP contribution >= 0.6 is 23.1 Å². The minimum Gasteiger partial charge on any atom is -0.320 e. The molecule has 0 aliphatic rings. The van der Waals surface area contributed by atoms with Crippen LogP contribution in [0.4, 0.5) is 5.69 Å². The highest BCUT2D eigenvalue weighted by Crippen LogP contribution is 2.30. The lowest BCUT2D eigenvalue weighted by Gasteiger charge is -2.09. The molecule has 4 aromatic rings. The van der Waals surface area contributed by atoms with E-state index in [1.165, 1.54) is 16.6 Å². The monoisotopic (exact) mass is 392 g/mol. The molecule has 0 fully saturated rings. The molecule has 0 saturated heterocycles. The Hall–Kier alpha value is -2.90. The molecule has 0 radical (unpaired) electrons. The van der Waals surface area contributed by atoms with Crippen LogP contribution in [-0.4, -0.2) is 20.9 Å². The van der Waals surface area contributed by atoms with Crippen molar-refractivity contribution in [3.05, 3.63) is 88.9 Å². The number of nitrogens with zero attached hydrogens (tertiary/aromatic N) is 3. The number of hydrogen-bond donors (Lipinski definition) is 1. The summed E-state index contributed by atoms with van der Waals surface area (Å²) in [6, 6.07) is 19.4. The van der Waals surface area contributed by atoms with Crippen molar-refractivity contribution in [1.29, 1.82) is 0 Å². The van der Waals surface area contributed by atoms with Crippen LogP contribution in [0.2, 0.25) is 0 Å². The SMILES string of the molecule is O=C(Nc1ccccc1SCc1ccsc1)c1cnn(-c2ccccc2)n1. The Labute approximate surface area is 165 Å². The molecular weight excluding hydrogens is 376 g/mol. The van der Waals surface area contributed by atoms with Gasteiger partial charge in [0.2, 0.25) is 0 Å². The van der Waals surface area contributed by atoms with E-state index in [4.69, 9.17) is 0 Å². The van der Waals surface area contributed by atoms with E-state index in [1.807, 2.05) is 54.6 Å². The van der Waals surface area contributed by atoms with E-state index >= 15 is 0 Å². The highest BCUT2D eigenvalue weighted by atomic mass is 32.2. The van der Waals surface area contributed by atoms with Gasteiger partial charge in [0.15, 0.2) is 5.69 Å². The largest absolute Gasteiger partial charge is 0.320 e. The molecule has 0 spiro atoms. The van der Waals surface area contributed by atoms with Crippen LogP contribution in [0.15, 0.2) is 82.5 Å². The Kier molecular flexibility index (Phi) is 5.32. The lowest BCUT2D eigenvalue weighted by atomic mass is 10.3. The van der Waals surface area contributed by atoms with Crippen molar-refractivity contribution in [3.63, 3.8) is 0 Å². The van der Waals surface area contributed by atoms with Gasteiger partial charge in [0, 0.05) is 10.6 Å². The van der Waals surface area contributed by atoms with Crippen molar-refractivity contribution >= 4 is 34.7 Å². The van der Waals surface area contributed by atoms with E-state index in [-0.39, 0.29) is 11.6 Å². The molecule has 2 aromatic carbocycles. The smallest absolute Gasteiger partial charge is 0.277 e. The second-order valence-corrected chi connectivity index (χ2v) is 7.52. The molecule has 1 amide bonds. The van der Waals surface area contributed by atoms with Crippen LogP contribution in [-0.2, 0) is 5.75 Å². The molecule has 2 heterocycles. The quantitative estimate of drug-likeness (QED) is 0.476. The number of thiophene rings is 1. The molecule has 2 aromatic heterocycles. The number of thioether (sulfide) groups is 1. The van der Waals surface area contributed by atoms with Crippen LogP contribution in [0.3, 0.4) is 0 Å². The third-order valence-corrected chi connectivity index (χ3v) is 5.70. The van der Waals surface area contributed by atoms with Gasteiger partial charge in [-0.3, -0.25) is 4.79 Å². The Morgan fingerprint density at radius 3 is 2.70 bits per heavy atom. The minimum atomic E-state index is -0.277. The summed E-state index contributed by atoms with van der Waals surface area (Å²) in [5.41, 5.74) is 3.13. The molecule has 0 unspecified atom stereocenters. The van der Waals surface area contributed by atoms with Crippen LogP contribution < -0.4 is 5.32 Å². The number of anilines is 1. The van der Waals surface area contributed by atoms with E-state index in [0.717, 1.165) is 22.0 Å². The molecule has 0 saturated carbocycles. The molecule has 27 heavy (non-hydrogen) atoms. The van der Waals surface area contributed by atoms with Crippen LogP contribution in [0, 0.1) is 0 Å².